The second kappa shape index (κ2) is 7.15. The molecule has 112 valence electrons. The topological polar surface area (TPSA) is 63.3 Å². The van der Waals surface area contributed by atoms with Gasteiger partial charge in [0.2, 0.25) is 0 Å². The average molecular weight is 314 g/mol. The van der Waals surface area contributed by atoms with Gasteiger partial charge in [0.05, 0.1) is 0 Å². The molecule has 3 nitrogen and oxygen atoms in total. The molecule has 0 amide bonds. The number of nitrogens with two attached hydrogens (primary N) is 1. The Morgan fingerprint density at radius 2 is 1.24 bits per heavy atom. The number of hydrogen-bond donors (Lipinski definition) is 2. The molecule has 2 rings (SSSR count). The van der Waals surface area contributed by atoms with Gasteiger partial charge in [0, 0.05) is 5.92 Å². The SMILES string of the molecule is Cl.NC(C(=O)O)C(c1ccc(F)cc1)c1ccc(F)cc1. The fraction of sp³-hybridized carbons (Fsp3) is 0.133. The lowest BCUT2D eigenvalue weighted by Crippen LogP contribution is -2.37. The van der Waals surface area contributed by atoms with E-state index in [1.54, 1.807) is 0 Å². The monoisotopic (exact) mass is 313 g/mol. The molecule has 0 heterocycles. The number of carboxylic acids is 1. The van der Waals surface area contributed by atoms with Crippen molar-refractivity contribution in [3.8, 4) is 0 Å². The van der Waals surface area contributed by atoms with Gasteiger partial charge in [-0.05, 0) is 35.4 Å². The third-order valence-electron chi connectivity index (χ3n) is 3.10. The van der Waals surface area contributed by atoms with Crippen molar-refractivity contribution in [2.45, 2.75) is 12.0 Å². The second-order valence-electron chi connectivity index (χ2n) is 4.44. The smallest absolute Gasteiger partial charge is 0.321 e. The molecule has 1 atom stereocenters. The van der Waals surface area contributed by atoms with Crippen molar-refractivity contribution in [3.63, 3.8) is 0 Å². The number of carbonyl (C=O) groups is 1. The van der Waals surface area contributed by atoms with Crippen LogP contribution in [0.2, 0.25) is 0 Å². The molecule has 1 unspecified atom stereocenters. The highest BCUT2D eigenvalue weighted by atomic mass is 35.5. The molecule has 0 spiro atoms. The van der Waals surface area contributed by atoms with E-state index >= 15 is 0 Å². The summed E-state index contributed by atoms with van der Waals surface area (Å²) in [6.07, 6.45) is 0. The fourth-order valence-corrected chi connectivity index (χ4v) is 2.09. The van der Waals surface area contributed by atoms with Gasteiger partial charge in [-0.15, -0.1) is 12.4 Å². The van der Waals surface area contributed by atoms with Crippen molar-refractivity contribution in [3.05, 3.63) is 71.3 Å². The van der Waals surface area contributed by atoms with E-state index in [-0.39, 0.29) is 12.4 Å². The summed E-state index contributed by atoms with van der Waals surface area (Å²) >= 11 is 0. The maximum atomic E-state index is 13.0. The first-order valence-corrected chi connectivity index (χ1v) is 5.98. The van der Waals surface area contributed by atoms with E-state index in [9.17, 15) is 13.6 Å². The molecule has 6 heteroatoms. The first-order valence-electron chi connectivity index (χ1n) is 5.98. The van der Waals surface area contributed by atoms with Crippen LogP contribution in [0.15, 0.2) is 48.5 Å². The zero-order valence-corrected chi connectivity index (χ0v) is 11.7. The molecule has 0 saturated heterocycles. The van der Waals surface area contributed by atoms with Crippen LogP contribution in [-0.2, 0) is 4.79 Å². The van der Waals surface area contributed by atoms with Crippen LogP contribution in [0.1, 0.15) is 17.0 Å². The summed E-state index contributed by atoms with van der Waals surface area (Å²) < 4.78 is 25.9. The Hall–Kier alpha value is -1.98. The summed E-state index contributed by atoms with van der Waals surface area (Å²) in [4.78, 5) is 11.1. The van der Waals surface area contributed by atoms with Gasteiger partial charge in [-0.25, -0.2) is 8.78 Å². The highest BCUT2D eigenvalue weighted by Crippen LogP contribution is 2.28. The molecule has 0 radical (unpaired) electrons. The van der Waals surface area contributed by atoms with Crippen molar-refractivity contribution in [1.82, 2.24) is 0 Å². The minimum absolute atomic E-state index is 0. The highest BCUT2D eigenvalue weighted by Gasteiger charge is 2.27. The van der Waals surface area contributed by atoms with Crippen LogP contribution in [0.4, 0.5) is 8.78 Å². The molecular formula is C15H14ClF2NO2. The Morgan fingerprint density at radius 3 is 1.52 bits per heavy atom. The molecule has 0 aliphatic rings. The lowest BCUT2D eigenvalue weighted by molar-refractivity contribution is -0.138. The average Bonchev–Trinajstić information content (AvgIpc) is 2.43. The standard InChI is InChI=1S/C15H13F2NO2.ClH/c16-11-5-1-9(2-6-11)13(14(18)15(19)20)10-3-7-12(17)8-4-10;/h1-8,13-14H,18H2,(H,19,20);1H. The maximum absolute atomic E-state index is 13.0. The van der Waals surface area contributed by atoms with Crippen molar-refractivity contribution in [2.75, 3.05) is 0 Å². The Balaban J connectivity index is 0.00000220. The summed E-state index contributed by atoms with van der Waals surface area (Å²) in [7, 11) is 0. The molecule has 0 fully saturated rings. The molecule has 0 aliphatic carbocycles. The van der Waals surface area contributed by atoms with Gasteiger partial charge in [0.1, 0.15) is 17.7 Å². The van der Waals surface area contributed by atoms with Gasteiger partial charge in [-0.2, -0.15) is 0 Å². The normalized spacial score (nSPS) is 11.8. The van der Waals surface area contributed by atoms with E-state index in [4.69, 9.17) is 10.8 Å². The number of hydrogen-bond acceptors (Lipinski definition) is 2. The van der Waals surface area contributed by atoms with E-state index in [1.807, 2.05) is 0 Å². The van der Waals surface area contributed by atoms with Crippen molar-refractivity contribution in [2.24, 2.45) is 5.73 Å². The third kappa shape index (κ3) is 4.00. The predicted molar refractivity (Wildman–Crippen MR) is 77.5 cm³/mol. The molecule has 0 aromatic heterocycles. The van der Waals surface area contributed by atoms with Crippen LogP contribution in [0.3, 0.4) is 0 Å². The lowest BCUT2D eigenvalue weighted by Gasteiger charge is -2.22. The van der Waals surface area contributed by atoms with Gasteiger partial charge in [0.15, 0.2) is 0 Å². The molecule has 3 N–H and O–H groups in total. The Morgan fingerprint density at radius 1 is 0.905 bits per heavy atom. The summed E-state index contributed by atoms with van der Waals surface area (Å²) in [5.41, 5.74) is 6.84. The molecule has 0 saturated carbocycles. The van der Waals surface area contributed by atoms with E-state index in [2.05, 4.69) is 0 Å². The van der Waals surface area contributed by atoms with Crippen LogP contribution in [0, 0.1) is 11.6 Å². The van der Waals surface area contributed by atoms with Crippen LogP contribution in [0.5, 0.6) is 0 Å². The minimum Gasteiger partial charge on any atom is -0.480 e. The molecule has 0 aliphatic heterocycles. The fourth-order valence-electron chi connectivity index (χ4n) is 2.09. The Kier molecular flexibility index (Phi) is 5.81. The molecule has 0 bridgehead atoms. The maximum Gasteiger partial charge on any atom is 0.321 e. The third-order valence-corrected chi connectivity index (χ3v) is 3.10. The summed E-state index contributed by atoms with van der Waals surface area (Å²) in [6.45, 7) is 0. The Bertz CT molecular complexity index is 557. The molecule has 2 aromatic carbocycles. The van der Waals surface area contributed by atoms with Crippen LogP contribution in [0.25, 0.3) is 0 Å². The largest absolute Gasteiger partial charge is 0.480 e. The van der Waals surface area contributed by atoms with Gasteiger partial charge >= 0.3 is 5.97 Å². The Labute approximate surface area is 126 Å². The predicted octanol–water partition coefficient (Wildman–Crippen LogP) is 2.93. The zero-order chi connectivity index (χ0) is 14.7. The van der Waals surface area contributed by atoms with Crippen LogP contribution in [-0.4, -0.2) is 17.1 Å². The number of benzene rings is 2. The van der Waals surface area contributed by atoms with Gasteiger partial charge in [-0.1, -0.05) is 24.3 Å². The van der Waals surface area contributed by atoms with Crippen molar-refractivity contribution < 1.29 is 18.7 Å². The summed E-state index contributed by atoms with van der Waals surface area (Å²) in [5, 5.41) is 9.11. The first-order chi connectivity index (χ1) is 9.49. The van der Waals surface area contributed by atoms with Gasteiger partial charge in [0.25, 0.3) is 0 Å². The van der Waals surface area contributed by atoms with E-state index in [0.717, 1.165) is 0 Å². The van der Waals surface area contributed by atoms with Crippen LogP contribution < -0.4 is 5.73 Å². The quantitative estimate of drug-likeness (QED) is 0.912. The number of halogens is 3. The van der Waals surface area contributed by atoms with Crippen molar-refractivity contribution >= 4 is 18.4 Å². The number of carboxylic acid groups (broad SMARTS) is 1. The zero-order valence-electron chi connectivity index (χ0n) is 10.9. The van der Waals surface area contributed by atoms with E-state index in [1.165, 1.54) is 48.5 Å². The molecule has 21 heavy (non-hydrogen) atoms. The summed E-state index contributed by atoms with van der Waals surface area (Å²) in [5.74, 6) is -2.69. The lowest BCUT2D eigenvalue weighted by atomic mass is 9.85. The van der Waals surface area contributed by atoms with E-state index in [0.29, 0.717) is 11.1 Å². The molecular weight excluding hydrogens is 300 g/mol. The molecule has 2 aromatic rings. The highest BCUT2D eigenvalue weighted by molar-refractivity contribution is 5.85. The van der Waals surface area contributed by atoms with E-state index < -0.39 is 29.6 Å². The second-order valence-corrected chi connectivity index (χ2v) is 4.44. The number of rotatable bonds is 4. The van der Waals surface area contributed by atoms with Crippen LogP contribution >= 0.6 is 12.4 Å². The minimum atomic E-state index is -1.20. The number of aliphatic carboxylic acids is 1. The summed E-state index contributed by atoms with van der Waals surface area (Å²) in [6, 6.07) is 9.66. The van der Waals surface area contributed by atoms with Gasteiger partial charge in [-0.3, -0.25) is 4.79 Å². The van der Waals surface area contributed by atoms with Crippen molar-refractivity contribution in [1.29, 1.82) is 0 Å². The van der Waals surface area contributed by atoms with Gasteiger partial charge < -0.3 is 10.8 Å². The first kappa shape index (κ1) is 17.1.